The molecule has 2 aliphatic rings. The summed E-state index contributed by atoms with van der Waals surface area (Å²) < 4.78 is 0. The Morgan fingerprint density at radius 2 is 0.507 bits per heavy atom. The SMILES string of the molecule is CC1(C)c2ccccc2-c2ccc(-c3ccc(N(c4ccc(-c5ccccc5)cc4)c4ccc5c(c4)C(C)(C)c4cc(-c6ccc(-c7ccc(-c8ccccc8)cc7)cc6)ccc4-5)cc3)cc21. The van der Waals surface area contributed by atoms with Crippen LogP contribution in [0.4, 0.5) is 17.1 Å². The molecule has 0 fully saturated rings. The minimum Gasteiger partial charge on any atom is -0.310 e. The minimum absolute atomic E-state index is 0.0457. The number of nitrogens with zero attached hydrogens (tertiary/aromatic N) is 1. The number of hydrogen-bond donors (Lipinski definition) is 0. The molecule has 0 radical (unpaired) electrons. The second-order valence-corrected chi connectivity index (χ2v) is 19.4. The Labute approximate surface area is 395 Å². The predicted octanol–water partition coefficient (Wildman–Crippen LogP) is 18.1. The molecule has 0 spiro atoms. The molecule has 2 aliphatic carbocycles. The summed E-state index contributed by atoms with van der Waals surface area (Å²) in [7, 11) is 0. The van der Waals surface area contributed by atoms with E-state index >= 15 is 0 Å². The molecular weight excluding hydrogens is 807 g/mol. The summed E-state index contributed by atoms with van der Waals surface area (Å²) in [5.74, 6) is 0. The van der Waals surface area contributed by atoms with E-state index in [9.17, 15) is 0 Å². The van der Waals surface area contributed by atoms with Crippen LogP contribution in [0.25, 0.3) is 77.9 Å². The molecule has 0 atom stereocenters. The normalized spacial score (nSPS) is 13.6. The maximum Gasteiger partial charge on any atom is 0.0465 e. The minimum atomic E-state index is -0.204. The van der Waals surface area contributed by atoms with E-state index in [1.807, 2.05) is 0 Å². The maximum absolute atomic E-state index is 2.44. The van der Waals surface area contributed by atoms with Crippen molar-refractivity contribution in [3.8, 4) is 77.9 Å². The first-order valence-corrected chi connectivity index (χ1v) is 23.6. The number of hydrogen-bond acceptors (Lipinski definition) is 1. The van der Waals surface area contributed by atoms with Crippen LogP contribution >= 0.6 is 0 Å². The lowest BCUT2D eigenvalue weighted by Crippen LogP contribution is -2.16. The van der Waals surface area contributed by atoms with Gasteiger partial charge in [-0.05, 0) is 149 Å². The van der Waals surface area contributed by atoms with E-state index in [1.54, 1.807) is 0 Å². The molecule has 0 aromatic heterocycles. The largest absolute Gasteiger partial charge is 0.310 e. The third-order valence-corrected chi connectivity index (χ3v) is 14.7. The van der Waals surface area contributed by atoms with Crippen molar-refractivity contribution >= 4 is 17.1 Å². The zero-order valence-corrected chi connectivity index (χ0v) is 38.5. The first-order chi connectivity index (χ1) is 32.7. The van der Waals surface area contributed by atoms with Gasteiger partial charge in [-0.25, -0.2) is 0 Å². The molecule has 0 bridgehead atoms. The van der Waals surface area contributed by atoms with E-state index in [4.69, 9.17) is 0 Å². The lowest BCUT2D eigenvalue weighted by molar-refractivity contribution is 0.660. The Morgan fingerprint density at radius 1 is 0.224 bits per heavy atom. The number of rotatable bonds is 8. The maximum atomic E-state index is 2.44. The summed E-state index contributed by atoms with van der Waals surface area (Å²) in [6.07, 6.45) is 0. The van der Waals surface area contributed by atoms with Crippen molar-refractivity contribution in [3.05, 3.63) is 259 Å². The zero-order chi connectivity index (χ0) is 45.3. The number of fused-ring (bicyclic) bond motifs is 6. The van der Waals surface area contributed by atoms with Gasteiger partial charge in [-0.15, -0.1) is 0 Å². The van der Waals surface area contributed by atoms with Crippen LogP contribution in [0.15, 0.2) is 237 Å². The Balaban J connectivity index is 0.866. The molecule has 0 amide bonds. The first kappa shape index (κ1) is 40.5. The molecular formula is C66H51N. The Bertz CT molecular complexity index is 3450. The van der Waals surface area contributed by atoms with E-state index in [2.05, 4.69) is 269 Å². The van der Waals surface area contributed by atoms with E-state index in [0.29, 0.717) is 0 Å². The first-order valence-electron chi connectivity index (χ1n) is 23.6. The van der Waals surface area contributed by atoms with Crippen molar-refractivity contribution in [2.75, 3.05) is 4.90 Å². The standard InChI is InChI=1S/C66H51N/c1-65(2)61-18-12-11-17-57(61)58-38-31-53(41-62(58)65)51-29-35-55(36-30-51)67(54-33-27-49(28-34-54)45-15-9-6-10-16-45)56-37-40-60-59-39-32-52(42-63(59)66(3,4)64(60)43-56)50-25-23-48(24-26-50)47-21-19-46(20-22-47)44-13-7-5-8-14-44/h5-43H,1-4H3. The van der Waals surface area contributed by atoms with Crippen LogP contribution in [0.2, 0.25) is 0 Å². The summed E-state index contributed by atoms with van der Waals surface area (Å²) in [5.41, 5.74) is 26.2. The molecule has 10 aromatic rings. The van der Waals surface area contributed by atoms with Gasteiger partial charge in [-0.3, -0.25) is 0 Å². The van der Waals surface area contributed by atoms with E-state index < -0.39 is 0 Å². The molecule has 320 valence electrons. The second-order valence-electron chi connectivity index (χ2n) is 19.4. The van der Waals surface area contributed by atoms with Crippen LogP contribution in [-0.4, -0.2) is 0 Å². The zero-order valence-electron chi connectivity index (χ0n) is 38.5. The van der Waals surface area contributed by atoms with Crippen LogP contribution in [-0.2, 0) is 10.8 Å². The van der Waals surface area contributed by atoms with E-state index in [-0.39, 0.29) is 10.8 Å². The van der Waals surface area contributed by atoms with Gasteiger partial charge >= 0.3 is 0 Å². The summed E-state index contributed by atoms with van der Waals surface area (Å²) in [4.78, 5) is 2.42. The third kappa shape index (κ3) is 6.93. The van der Waals surface area contributed by atoms with Crippen molar-refractivity contribution in [1.29, 1.82) is 0 Å². The molecule has 0 heterocycles. The van der Waals surface area contributed by atoms with Gasteiger partial charge in [0.05, 0.1) is 0 Å². The van der Waals surface area contributed by atoms with Gasteiger partial charge in [0.1, 0.15) is 0 Å². The summed E-state index contributed by atoms with van der Waals surface area (Å²) >= 11 is 0. The van der Waals surface area contributed by atoms with Gasteiger partial charge in [0, 0.05) is 27.9 Å². The molecule has 1 heteroatoms. The molecule has 1 nitrogen and oxygen atoms in total. The molecule has 12 rings (SSSR count). The van der Waals surface area contributed by atoms with Crippen molar-refractivity contribution in [2.45, 2.75) is 38.5 Å². The highest BCUT2D eigenvalue weighted by molar-refractivity contribution is 5.89. The van der Waals surface area contributed by atoms with Crippen molar-refractivity contribution in [3.63, 3.8) is 0 Å². The monoisotopic (exact) mass is 857 g/mol. The Morgan fingerprint density at radius 3 is 0.955 bits per heavy atom. The average Bonchev–Trinajstić information content (AvgIpc) is 3.76. The lowest BCUT2D eigenvalue weighted by atomic mass is 9.81. The average molecular weight is 858 g/mol. The molecule has 0 saturated heterocycles. The van der Waals surface area contributed by atoms with Gasteiger partial charge in [0.2, 0.25) is 0 Å². The van der Waals surface area contributed by atoms with Crippen LogP contribution < -0.4 is 4.90 Å². The van der Waals surface area contributed by atoms with Crippen LogP contribution in [0.5, 0.6) is 0 Å². The summed E-state index contributed by atoms with van der Waals surface area (Å²) in [6, 6.07) is 87.4. The van der Waals surface area contributed by atoms with Gasteiger partial charge in [0.25, 0.3) is 0 Å². The molecule has 67 heavy (non-hydrogen) atoms. The molecule has 0 unspecified atom stereocenters. The summed E-state index contributed by atoms with van der Waals surface area (Å²) in [5, 5.41) is 0. The smallest absolute Gasteiger partial charge is 0.0465 e. The highest BCUT2D eigenvalue weighted by atomic mass is 15.1. The molecule has 0 saturated carbocycles. The number of anilines is 3. The van der Waals surface area contributed by atoms with Gasteiger partial charge in [-0.2, -0.15) is 0 Å². The topological polar surface area (TPSA) is 3.24 Å². The molecule has 0 N–H and O–H groups in total. The fourth-order valence-electron chi connectivity index (χ4n) is 11.0. The van der Waals surface area contributed by atoms with Crippen molar-refractivity contribution < 1.29 is 0 Å². The predicted molar refractivity (Wildman–Crippen MR) is 283 cm³/mol. The van der Waals surface area contributed by atoms with Gasteiger partial charge in [-0.1, -0.05) is 216 Å². The van der Waals surface area contributed by atoms with Crippen LogP contribution in [0.3, 0.4) is 0 Å². The van der Waals surface area contributed by atoms with Gasteiger partial charge < -0.3 is 4.90 Å². The van der Waals surface area contributed by atoms with Crippen LogP contribution in [0, 0.1) is 0 Å². The van der Waals surface area contributed by atoms with Gasteiger partial charge in [0.15, 0.2) is 0 Å². The Hall–Kier alpha value is -8.00. The van der Waals surface area contributed by atoms with E-state index in [0.717, 1.165) is 17.1 Å². The molecule has 10 aromatic carbocycles. The third-order valence-electron chi connectivity index (χ3n) is 14.7. The number of benzene rings is 10. The van der Waals surface area contributed by atoms with Crippen LogP contribution in [0.1, 0.15) is 49.9 Å². The lowest BCUT2D eigenvalue weighted by Gasteiger charge is -2.28. The fourth-order valence-corrected chi connectivity index (χ4v) is 11.0. The van der Waals surface area contributed by atoms with E-state index in [1.165, 1.54) is 100 Å². The highest BCUT2D eigenvalue weighted by Gasteiger charge is 2.37. The highest BCUT2D eigenvalue weighted by Crippen LogP contribution is 2.53. The quantitative estimate of drug-likeness (QED) is 0.147. The fraction of sp³-hybridized carbons (Fsp3) is 0.0909. The summed E-state index contributed by atoms with van der Waals surface area (Å²) in [6.45, 7) is 9.48. The van der Waals surface area contributed by atoms with Crippen molar-refractivity contribution in [2.24, 2.45) is 0 Å². The van der Waals surface area contributed by atoms with Crippen molar-refractivity contribution in [1.82, 2.24) is 0 Å². The second kappa shape index (κ2) is 15.9. The Kier molecular flexibility index (Phi) is 9.59. The molecule has 0 aliphatic heterocycles.